The van der Waals surface area contributed by atoms with Crippen LogP contribution in [0.3, 0.4) is 0 Å². The van der Waals surface area contributed by atoms with Crippen LogP contribution in [0.25, 0.3) is 0 Å². The summed E-state index contributed by atoms with van der Waals surface area (Å²) in [6, 6.07) is 4.83. The predicted molar refractivity (Wildman–Crippen MR) is 68.8 cm³/mol. The fraction of sp³-hybridized carbons (Fsp3) is 0.538. The van der Waals surface area contributed by atoms with Crippen molar-refractivity contribution in [3.8, 4) is 0 Å². The Morgan fingerprint density at radius 1 is 1.41 bits per heavy atom. The maximum Gasteiger partial charge on any atom is 0.142 e. The average Bonchev–Trinajstić information content (AvgIpc) is 2.23. The number of rotatable bonds is 6. The van der Waals surface area contributed by atoms with Gasteiger partial charge in [0.25, 0.3) is 0 Å². The van der Waals surface area contributed by atoms with Crippen molar-refractivity contribution in [1.82, 2.24) is 5.32 Å². The predicted octanol–water partition coefficient (Wildman–Crippen LogP) is 3.38. The lowest BCUT2D eigenvalue weighted by molar-refractivity contribution is -0.00897. The van der Waals surface area contributed by atoms with Crippen molar-refractivity contribution in [3.63, 3.8) is 0 Å². The van der Waals surface area contributed by atoms with Crippen LogP contribution in [0.1, 0.15) is 26.3 Å². The molecule has 0 saturated heterocycles. The van der Waals surface area contributed by atoms with Crippen LogP contribution in [0.2, 0.25) is 5.02 Å². The molecular formula is C13H19ClFNO. The lowest BCUT2D eigenvalue weighted by Gasteiger charge is -2.25. The van der Waals surface area contributed by atoms with Crippen molar-refractivity contribution < 1.29 is 9.13 Å². The van der Waals surface area contributed by atoms with Gasteiger partial charge < -0.3 is 10.1 Å². The minimum atomic E-state index is -0.380. The van der Waals surface area contributed by atoms with Crippen LogP contribution in [-0.2, 0) is 11.3 Å². The van der Waals surface area contributed by atoms with E-state index in [1.807, 2.05) is 26.8 Å². The molecule has 1 N–H and O–H groups in total. The Morgan fingerprint density at radius 2 is 2.12 bits per heavy atom. The fourth-order valence-corrected chi connectivity index (χ4v) is 1.72. The Bertz CT molecular complexity index is 368. The van der Waals surface area contributed by atoms with Gasteiger partial charge in [0.05, 0.1) is 10.6 Å². The largest absolute Gasteiger partial charge is 0.375 e. The molecule has 0 unspecified atom stereocenters. The highest BCUT2D eigenvalue weighted by atomic mass is 35.5. The van der Waals surface area contributed by atoms with E-state index < -0.39 is 0 Å². The van der Waals surface area contributed by atoms with E-state index in [9.17, 15) is 4.39 Å². The van der Waals surface area contributed by atoms with Gasteiger partial charge in [0.2, 0.25) is 0 Å². The van der Waals surface area contributed by atoms with Crippen LogP contribution >= 0.6 is 11.6 Å². The van der Waals surface area contributed by atoms with Crippen molar-refractivity contribution in [2.75, 3.05) is 13.2 Å². The molecule has 0 spiro atoms. The van der Waals surface area contributed by atoms with Gasteiger partial charge in [-0.15, -0.1) is 0 Å². The van der Waals surface area contributed by atoms with Crippen molar-refractivity contribution in [2.24, 2.45) is 0 Å². The molecule has 0 aliphatic rings. The zero-order valence-electron chi connectivity index (χ0n) is 10.5. The van der Waals surface area contributed by atoms with Crippen LogP contribution in [0.5, 0.6) is 0 Å². The quantitative estimate of drug-likeness (QED) is 0.846. The molecule has 4 heteroatoms. The number of hydrogen-bond donors (Lipinski definition) is 1. The summed E-state index contributed by atoms with van der Waals surface area (Å²) in [6.07, 6.45) is 0. The lowest BCUT2D eigenvalue weighted by atomic mass is 10.1. The number of benzene rings is 1. The molecule has 0 saturated carbocycles. The second-order valence-corrected chi connectivity index (χ2v) is 4.95. The van der Waals surface area contributed by atoms with Gasteiger partial charge in [0.1, 0.15) is 5.82 Å². The first-order valence-corrected chi connectivity index (χ1v) is 6.11. The Labute approximate surface area is 107 Å². The summed E-state index contributed by atoms with van der Waals surface area (Å²) in [5.41, 5.74) is 0.666. The van der Waals surface area contributed by atoms with Gasteiger partial charge in [0, 0.05) is 19.7 Å². The first-order chi connectivity index (χ1) is 7.94. The van der Waals surface area contributed by atoms with Gasteiger partial charge in [-0.25, -0.2) is 4.39 Å². The average molecular weight is 260 g/mol. The van der Waals surface area contributed by atoms with Crippen LogP contribution < -0.4 is 5.32 Å². The summed E-state index contributed by atoms with van der Waals surface area (Å²) in [7, 11) is 0. The highest BCUT2D eigenvalue weighted by Crippen LogP contribution is 2.15. The molecule has 0 aliphatic heterocycles. The summed E-state index contributed by atoms with van der Waals surface area (Å²) in [6.45, 7) is 8.01. The van der Waals surface area contributed by atoms with Crippen molar-refractivity contribution in [3.05, 3.63) is 34.6 Å². The number of hydrogen-bond acceptors (Lipinski definition) is 2. The van der Waals surface area contributed by atoms with E-state index in [1.165, 1.54) is 6.07 Å². The molecule has 1 aromatic rings. The molecule has 0 aliphatic carbocycles. The number of nitrogens with one attached hydrogen (secondary N) is 1. The topological polar surface area (TPSA) is 21.3 Å². The van der Waals surface area contributed by atoms with E-state index >= 15 is 0 Å². The van der Waals surface area contributed by atoms with Crippen molar-refractivity contribution in [2.45, 2.75) is 32.9 Å². The first kappa shape index (κ1) is 14.4. The zero-order valence-corrected chi connectivity index (χ0v) is 11.3. The van der Waals surface area contributed by atoms with Crippen LogP contribution in [0, 0.1) is 5.82 Å². The van der Waals surface area contributed by atoms with Crippen molar-refractivity contribution >= 4 is 11.6 Å². The molecule has 0 aromatic heterocycles. The van der Waals surface area contributed by atoms with Crippen LogP contribution in [0.4, 0.5) is 4.39 Å². The van der Waals surface area contributed by atoms with Gasteiger partial charge in [-0.3, -0.25) is 0 Å². The minimum Gasteiger partial charge on any atom is -0.375 e. The lowest BCUT2D eigenvalue weighted by Crippen LogP contribution is -2.37. The van der Waals surface area contributed by atoms with E-state index in [0.717, 1.165) is 5.56 Å². The molecule has 0 fully saturated rings. The monoisotopic (exact) mass is 259 g/mol. The Hall–Kier alpha value is -0.640. The van der Waals surface area contributed by atoms with Gasteiger partial charge in [-0.2, -0.15) is 0 Å². The van der Waals surface area contributed by atoms with Gasteiger partial charge >= 0.3 is 0 Å². The third kappa shape index (κ3) is 5.02. The van der Waals surface area contributed by atoms with Gasteiger partial charge in [-0.05, 0) is 38.5 Å². The molecule has 0 heterocycles. The van der Waals surface area contributed by atoms with Gasteiger partial charge in [-0.1, -0.05) is 17.7 Å². The van der Waals surface area contributed by atoms with Crippen molar-refractivity contribution in [1.29, 1.82) is 0 Å². The zero-order chi connectivity index (χ0) is 12.9. The highest BCUT2D eigenvalue weighted by Gasteiger charge is 2.16. The Balaban J connectivity index is 2.43. The highest BCUT2D eigenvalue weighted by molar-refractivity contribution is 6.30. The second-order valence-electron chi connectivity index (χ2n) is 4.54. The maximum atomic E-state index is 13.2. The molecule has 0 bridgehead atoms. The summed E-state index contributed by atoms with van der Waals surface area (Å²) in [5, 5.41) is 3.39. The standard InChI is InChI=1S/C13H19ClFNO/c1-4-17-13(2,3)9-16-8-10-5-6-11(14)12(15)7-10/h5-7,16H,4,8-9H2,1-3H3. The molecule has 0 amide bonds. The molecular weight excluding hydrogens is 241 g/mol. The van der Waals surface area contributed by atoms with Crippen LogP contribution in [0.15, 0.2) is 18.2 Å². The minimum absolute atomic E-state index is 0.156. The summed E-state index contributed by atoms with van der Waals surface area (Å²) < 4.78 is 18.7. The molecule has 2 nitrogen and oxygen atoms in total. The smallest absolute Gasteiger partial charge is 0.142 e. The van der Waals surface area contributed by atoms with E-state index in [0.29, 0.717) is 19.7 Å². The van der Waals surface area contributed by atoms with E-state index in [1.54, 1.807) is 6.07 Å². The number of ether oxygens (including phenoxy) is 1. The summed E-state index contributed by atoms with van der Waals surface area (Å²) in [4.78, 5) is 0. The molecule has 0 atom stereocenters. The number of halogens is 2. The SMILES string of the molecule is CCOC(C)(C)CNCc1ccc(Cl)c(F)c1. The summed E-state index contributed by atoms with van der Waals surface area (Å²) >= 11 is 5.61. The van der Waals surface area contributed by atoms with Gasteiger partial charge in [0.15, 0.2) is 0 Å². The molecule has 1 aromatic carbocycles. The normalized spacial score (nSPS) is 11.8. The third-order valence-electron chi connectivity index (χ3n) is 2.40. The molecule has 96 valence electrons. The van der Waals surface area contributed by atoms with E-state index in [2.05, 4.69) is 5.32 Å². The summed E-state index contributed by atoms with van der Waals surface area (Å²) in [5.74, 6) is -0.380. The van der Waals surface area contributed by atoms with E-state index in [-0.39, 0.29) is 16.4 Å². The Kier molecular flexibility index (Phi) is 5.37. The Morgan fingerprint density at radius 3 is 2.71 bits per heavy atom. The second kappa shape index (κ2) is 6.34. The third-order valence-corrected chi connectivity index (χ3v) is 2.71. The fourth-order valence-electron chi connectivity index (χ4n) is 1.60. The van der Waals surface area contributed by atoms with E-state index in [4.69, 9.17) is 16.3 Å². The van der Waals surface area contributed by atoms with Crippen LogP contribution in [-0.4, -0.2) is 18.8 Å². The first-order valence-electron chi connectivity index (χ1n) is 5.73. The molecule has 1 rings (SSSR count). The maximum absolute atomic E-state index is 13.2. The molecule has 17 heavy (non-hydrogen) atoms. The molecule has 0 radical (unpaired) electrons.